The van der Waals surface area contributed by atoms with E-state index in [2.05, 4.69) is 25.3 Å². The Morgan fingerprint density at radius 3 is 3.00 bits per heavy atom. The first kappa shape index (κ1) is 11.1. The van der Waals surface area contributed by atoms with Gasteiger partial charge in [-0.15, -0.1) is 0 Å². The molecule has 2 aromatic heterocycles. The second kappa shape index (κ2) is 4.60. The van der Waals surface area contributed by atoms with Crippen LogP contribution in [-0.4, -0.2) is 23.1 Å². The molecule has 0 radical (unpaired) electrons. The number of nitrogens with zero attached hydrogens (tertiary/aromatic N) is 2. The first-order valence-electron chi connectivity index (χ1n) is 4.75. The molecule has 0 unspecified atom stereocenters. The van der Waals surface area contributed by atoms with Crippen molar-refractivity contribution >= 4 is 17.4 Å². The average Bonchev–Trinajstić information content (AvgIpc) is 2.82. The van der Waals surface area contributed by atoms with Crippen molar-refractivity contribution < 1.29 is 13.7 Å². The second-order valence-corrected chi connectivity index (χ2v) is 3.14. The van der Waals surface area contributed by atoms with Crippen molar-refractivity contribution in [1.82, 2.24) is 10.1 Å². The van der Waals surface area contributed by atoms with Crippen molar-refractivity contribution in [2.45, 2.75) is 0 Å². The summed E-state index contributed by atoms with van der Waals surface area (Å²) in [5, 5.41) is 8.41. The van der Waals surface area contributed by atoms with Crippen LogP contribution in [-0.2, 0) is 0 Å². The van der Waals surface area contributed by atoms with Crippen LogP contribution in [0.3, 0.4) is 0 Å². The van der Waals surface area contributed by atoms with Crippen molar-refractivity contribution in [1.29, 1.82) is 0 Å². The average molecular weight is 236 g/mol. The summed E-state index contributed by atoms with van der Waals surface area (Å²) < 4.78 is 18.3. The third-order valence-corrected chi connectivity index (χ3v) is 2.06. The predicted molar refractivity (Wildman–Crippen MR) is 58.2 cm³/mol. The molecule has 6 nitrogen and oxygen atoms in total. The van der Waals surface area contributed by atoms with E-state index in [0.29, 0.717) is 5.69 Å². The quantitative estimate of drug-likeness (QED) is 0.844. The molecule has 2 N–H and O–H groups in total. The maximum atomic E-state index is 13.7. The number of hydrogen-bond acceptors (Lipinski definition) is 5. The monoisotopic (exact) mass is 236 g/mol. The maximum absolute atomic E-state index is 13.7. The van der Waals surface area contributed by atoms with Crippen LogP contribution in [0, 0.1) is 5.82 Å². The Labute approximate surface area is 95.8 Å². The highest BCUT2D eigenvalue weighted by atomic mass is 19.1. The molecule has 0 aromatic carbocycles. The Morgan fingerprint density at radius 2 is 2.35 bits per heavy atom. The van der Waals surface area contributed by atoms with Crippen molar-refractivity contribution in [3.63, 3.8) is 0 Å². The Bertz CT molecular complexity index is 527. The van der Waals surface area contributed by atoms with Crippen molar-refractivity contribution in [3.8, 4) is 0 Å². The minimum atomic E-state index is -0.705. The number of carbonyl (C=O) groups is 1. The summed E-state index contributed by atoms with van der Waals surface area (Å²) in [4.78, 5) is 15.5. The van der Waals surface area contributed by atoms with Gasteiger partial charge in [0.1, 0.15) is 12.0 Å². The van der Waals surface area contributed by atoms with Gasteiger partial charge in [0.05, 0.1) is 11.8 Å². The fourth-order valence-corrected chi connectivity index (χ4v) is 1.26. The number of pyridine rings is 1. The van der Waals surface area contributed by atoms with E-state index in [9.17, 15) is 9.18 Å². The third-order valence-electron chi connectivity index (χ3n) is 2.06. The van der Waals surface area contributed by atoms with Crippen LogP contribution >= 0.6 is 0 Å². The second-order valence-electron chi connectivity index (χ2n) is 3.14. The Balaban J connectivity index is 2.25. The van der Waals surface area contributed by atoms with Crippen LogP contribution < -0.4 is 10.6 Å². The minimum Gasteiger partial charge on any atom is -0.371 e. The van der Waals surface area contributed by atoms with Crippen molar-refractivity contribution in [3.05, 3.63) is 36.1 Å². The van der Waals surface area contributed by atoms with Gasteiger partial charge < -0.3 is 15.2 Å². The van der Waals surface area contributed by atoms with Gasteiger partial charge in [0, 0.05) is 13.2 Å². The number of amides is 1. The standard InChI is InChI=1S/C10H9FN4O2/c1-12-9-8(11)7(2-3-13-9)10(16)15-6-4-14-17-5-6/h2-5H,1H3,(H,12,13)(H,15,16). The maximum Gasteiger partial charge on any atom is 0.258 e. The van der Waals surface area contributed by atoms with Gasteiger partial charge in [0.15, 0.2) is 11.6 Å². The molecule has 0 aliphatic rings. The molecular weight excluding hydrogens is 227 g/mol. The van der Waals surface area contributed by atoms with Gasteiger partial charge in [-0.25, -0.2) is 9.37 Å². The van der Waals surface area contributed by atoms with E-state index in [1.807, 2.05) is 0 Å². The topological polar surface area (TPSA) is 80.0 Å². The number of aromatic nitrogens is 2. The van der Waals surface area contributed by atoms with E-state index in [4.69, 9.17) is 0 Å². The molecule has 2 aromatic rings. The van der Waals surface area contributed by atoms with E-state index in [1.165, 1.54) is 31.8 Å². The van der Waals surface area contributed by atoms with E-state index in [0.717, 1.165) is 0 Å². The Hall–Kier alpha value is -2.44. The highest BCUT2D eigenvalue weighted by Gasteiger charge is 2.15. The Kier molecular flexibility index (Phi) is 2.99. The number of rotatable bonds is 3. The first-order chi connectivity index (χ1) is 8.22. The van der Waals surface area contributed by atoms with Crippen LogP contribution in [0.15, 0.2) is 29.2 Å². The van der Waals surface area contributed by atoms with Crippen LogP contribution in [0.5, 0.6) is 0 Å². The summed E-state index contributed by atoms with van der Waals surface area (Å²) in [6, 6.07) is 1.29. The van der Waals surface area contributed by atoms with Crippen LogP contribution in [0.2, 0.25) is 0 Å². The lowest BCUT2D eigenvalue weighted by Crippen LogP contribution is -2.14. The summed E-state index contributed by atoms with van der Waals surface area (Å²) in [6.07, 6.45) is 3.91. The molecular formula is C10H9FN4O2. The zero-order valence-corrected chi connectivity index (χ0v) is 8.90. The fraction of sp³-hybridized carbons (Fsp3) is 0.100. The lowest BCUT2D eigenvalue weighted by molar-refractivity contribution is 0.102. The molecule has 17 heavy (non-hydrogen) atoms. The smallest absolute Gasteiger partial charge is 0.258 e. The highest BCUT2D eigenvalue weighted by Crippen LogP contribution is 2.16. The molecule has 88 valence electrons. The normalized spacial score (nSPS) is 10.0. The van der Waals surface area contributed by atoms with E-state index in [1.54, 1.807) is 0 Å². The molecule has 0 spiro atoms. The van der Waals surface area contributed by atoms with Gasteiger partial charge in [-0.05, 0) is 6.07 Å². The lowest BCUT2D eigenvalue weighted by Gasteiger charge is -2.06. The molecule has 2 rings (SSSR count). The molecule has 0 aliphatic heterocycles. The molecule has 0 fully saturated rings. The fourth-order valence-electron chi connectivity index (χ4n) is 1.26. The zero-order valence-electron chi connectivity index (χ0n) is 8.90. The molecule has 0 saturated carbocycles. The summed E-state index contributed by atoms with van der Waals surface area (Å²) >= 11 is 0. The third kappa shape index (κ3) is 2.22. The minimum absolute atomic E-state index is 0.0166. The zero-order chi connectivity index (χ0) is 12.3. The van der Waals surface area contributed by atoms with Gasteiger partial charge in [0.25, 0.3) is 5.91 Å². The van der Waals surface area contributed by atoms with Crippen molar-refractivity contribution in [2.75, 3.05) is 17.7 Å². The molecule has 1 amide bonds. The van der Waals surface area contributed by atoms with Gasteiger partial charge in [-0.2, -0.15) is 0 Å². The number of hydrogen-bond donors (Lipinski definition) is 2. The molecule has 2 heterocycles. The summed E-state index contributed by atoms with van der Waals surface area (Å²) in [5.74, 6) is -1.28. The van der Waals surface area contributed by atoms with Gasteiger partial charge >= 0.3 is 0 Å². The summed E-state index contributed by atoms with van der Waals surface area (Å²) in [7, 11) is 1.52. The summed E-state index contributed by atoms with van der Waals surface area (Å²) in [6.45, 7) is 0. The van der Waals surface area contributed by atoms with Crippen molar-refractivity contribution in [2.24, 2.45) is 0 Å². The van der Waals surface area contributed by atoms with Gasteiger partial charge in [-0.3, -0.25) is 4.79 Å². The summed E-state index contributed by atoms with van der Waals surface area (Å²) in [5.41, 5.74) is 0.253. The molecule has 0 atom stereocenters. The highest BCUT2D eigenvalue weighted by molar-refractivity contribution is 6.04. The van der Waals surface area contributed by atoms with Crippen LogP contribution in [0.4, 0.5) is 15.9 Å². The van der Waals surface area contributed by atoms with Crippen LogP contribution in [0.1, 0.15) is 10.4 Å². The van der Waals surface area contributed by atoms with Gasteiger partial charge in [-0.1, -0.05) is 5.16 Å². The molecule has 0 saturated heterocycles. The molecule has 0 aliphatic carbocycles. The van der Waals surface area contributed by atoms with Gasteiger partial charge in [0.2, 0.25) is 0 Å². The Morgan fingerprint density at radius 1 is 1.53 bits per heavy atom. The van der Waals surface area contributed by atoms with E-state index >= 15 is 0 Å². The molecule has 7 heteroatoms. The number of carbonyl (C=O) groups excluding carboxylic acids is 1. The number of nitrogens with one attached hydrogen (secondary N) is 2. The number of anilines is 2. The predicted octanol–water partition coefficient (Wildman–Crippen LogP) is 1.50. The lowest BCUT2D eigenvalue weighted by atomic mass is 10.2. The van der Waals surface area contributed by atoms with Crippen LogP contribution in [0.25, 0.3) is 0 Å². The molecule has 0 bridgehead atoms. The first-order valence-corrected chi connectivity index (χ1v) is 4.75. The van der Waals surface area contributed by atoms with E-state index in [-0.39, 0.29) is 11.4 Å². The van der Waals surface area contributed by atoms with E-state index < -0.39 is 11.7 Å². The number of halogens is 1. The largest absolute Gasteiger partial charge is 0.371 e. The SMILES string of the molecule is CNc1nccc(C(=O)Nc2cnoc2)c1F.